The van der Waals surface area contributed by atoms with Crippen LogP contribution in [0, 0.1) is 0 Å². The van der Waals surface area contributed by atoms with Crippen LogP contribution in [-0.4, -0.2) is 252 Å². The Labute approximate surface area is 452 Å². The molecule has 8 saturated heterocycles. The van der Waals surface area contributed by atoms with Gasteiger partial charge in [-0.25, -0.2) is 0 Å². The highest BCUT2D eigenvalue weighted by Gasteiger charge is 2.38. The molecular weight excluding hydrogens is 961 g/mol. The monoisotopic (exact) mass is 1060 g/mol. The number of carboxylic acid groups (broad SMARTS) is 2. The van der Waals surface area contributed by atoms with E-state index in [2.05, 4.69) is 45.6 Å². The van der Waals surface area contributed by atoms with Gasteiger partial charge in [-0.15, -0.1) is 0 Å². The highest BCUT2D eigenvalue weighted by molar-refractivity contribution is 6.46. The van der Waals surface area contributed by atoms with Gasteiger partial charge in [-0.05, 0) is 189 Å². The Morgan fingerprint density at radius 3 is 1.17 bits per heavy atom. The van der Waals surface area contributed by atoms with E-state index in [0.717, 1.165) is 169 Å². The fraction of sp³-hybridized carbons (Fsp3) is 0.902. The Hall–Kier alpha value is -2.74. The SMILES string of the molecule is C.CB(O)N1CCC(=O)CC1.CB(O)N1CCC(N2CCCC[C@@H]2C(=O)O)CC1.CNC(=O)[C@H]1CCCCN1C1CCN(B(C)O)CC1.CNC(=O)[C@H]1CCCCN1C1CCNCC1.CO.O=C(O)[C@H]1CCCCN1. The molecule has 432 valence electrons. The molecule has 0 aromatic carbocycles. The number of hydrogen-bond acceptors (Lipinski definition) is 17. The number of carboxylic acids is 2. The number of ketones is 1. The summed E-state index contributed by atoms with van der Waals surface area (Å²) in [5.41, 5.74) is 0. The van der Waals surface area contributed by atoms with Crippen molar-refractivity contribution < 1.29 is 54.4 Å². The zero-order chi connectivity index (χ0) is 54.6. The largest absolute Gasteiger partial charge is 0.480 e. The van der Waals surface area contributed by atoms with E-state index in [1.807, 2.05) is 11.6 Å². The van der Waals surface area contributed by atoms with Gasteiger partial charge in [0.05, 0.1) is 12.1 Å². The number of nitrogens with zero attached hydrogens (tertiary/aromatic N) is 6. The van der Waals surface area contributed by atoms with Crippen molar-refractivity contribution in [2.24, 2.45) is 0 Å². The van der Waals surface area contributed by atoms with Crippen molar-refractivity contribution in [1.29, 1.82) is 0 Å². The minimum Gasteiger partial charge on any atom is -0.480 e. The van der Waals surface area contributed by atoms with Crippen LogP contribution in [0.2, 0.25) is 20.5 Å². The number of likely N-dealkylation sites (N-methyl/N-ethyl adjacent to an activating group) is 2. The van der Waals surface area contributed by atoms with E-state index in [4.69, 9.17) is 15.2 Å². The van der Waals surface area contributed by atoms with Crippen molar-refractivity contribution in [2.45, 2.75) is 199 Å². The first-order valence-electron chi connectivity index (χ1n) is 28.4. The van der Waals surface area contributed by atoms with E-state index < -0.39 is 19.0 Å². The van der Waals surface area contributed by atoms with Gasteiger partial charge in [-0.1, -0.05) is 33.1 Å². The number of aliphatic hydroxyl groups excluding tert-OH is 1. The molecule has 0 bridgehead atoms. The van der Waals surface area contributed by atoms with Crippen molar-refractivity contribution in [3.63, 3.8) is 0 Å². The molecule has 0 aromatic rings. The summed E-state index contributed by atoms with van der Waals surface area (Å²) in [5, 5.41) is 64.9. The smallest absolute Gasteiger partial charge is 0.376 e. The van der Waals surface area contributed by atoms with E-state index in [-0.39, 0.29) is 57.5 Å². The molecule has 10 N–H and O–H groups in total. The number of aliphatic hydroxyl groups is 1. The van der Waals surface area contributed by atoms with E-state index in [1.54, 1.807) is 27.7 Å². The second-order valence-corrected chi connectivity index (χ2v) is 21.1. The second kappa shape index (κ2) is 38.0. The van der Waals surface area contributed by atoms with Crippen LogP contribution in [-0.2, 0) is 24.0 Å². The third-order valence-corrected chi connectivity index (χ3v) is 16.3. The van der Waals surface area contributed by atoms with Gasteiger partial charge in [-0.3, -0.25) is 38.7 Å². The molecule has 0 saturated carbocycles. The minimum atomic E-state index is -0.713. The molecule has 0 unspecified atom stereocenters. The lowest BCUT2D eigenvalue weighted by molar-refractivity contribution is -0.146. The number of carbonyl (C=O) groups is 5. The minimum absolute atomic E-state index is 0. The van der Waals surface area contributed by atoms with Gasteiger partial charge in [0.15, 0.2) is 0 Å². The topological polar surface area (TPSA) is 274 Å². The molecule has 2 amide bonds. The summed E-state index contributed by atoms with van der Waals surface area (Å²) in [5.74, 6) is -0.699. The molecule has 21 nitrogen and oxygen atoms in total. The lowest BCUT2D eigenvalue weighted by Crippen LogP contribution is -2.56. The number of rotatable bonds is 10. The maximum absolute atomic E-state index is 12.0. The van der Waals surface area contributed by atoms with Gasteiger partial charge in [0.25, 0.3) is 0 Å². The molecule has 8 fully saturated rings. The number of likely N-dealkylation sites (tertiary alicyclic amines) is 3. The van der Waals surface area contributed by atoms with Crippen molar-refractivity contribution in [3.05, 3.63) is 0 Å². The average molecular weight is 1060 g/mol. The summed E-state index contributed by atoms with van der Waals surface area (Å²) in [6.45, 7) is 16.5. The van der Waals surface area contributed by atoms with Crippen molar-refractivity contribution in [1.82, 2.24) is 50.4 Å². The van der Waals surface area contributed by atoms with Gasteiger partial charge in [0, 0.05) is 52.2 Å². The van der Waals surface area contributed by atoms with E-state index in [0.29, 0.717) is 36.8 Å². The zero-order valence-electron chi connectivity index (χ0n) is 46.3. The molecule has 0 aliphatic carbocycles. The average Bonchev–Trinajstić information content (AvgIpc) is 3.44. The van der Waals surface area contributed by atoms with Gasteiger partial charge in [0.2, 0.25) is 11.8 Å². The van der Waals surface area contributed by atoms with Gasteiger partial charge < -0.3 is 66.1 Å². The Balaban J connectivity index is 0.000000325. The number of Topliss-reactive ketones (excluding diaryl/α,β-unsaturated/α-hetero) is 1. The van der Waals surface area contributed by atoms with Crippen LogP contribution in [0.5, 0.6) is 0 Å². The molecule has 0 aromatic heterocycles. The van der Waals surface area contributed by atoms with Crippen molar-refractivity contribution in [3.8, 4) is 0 Å². The lowest BCUT2D eigenvalue weighted by atomic mass is 9.81. The third-order valence-electron chi connectivity index (χ3n) is 16.3. The Bertz CT molecular complexity index is 1600. The summed E-state index contributed by atoms with van der Waals surface area (Å²) < 4.78 is 0. The number of aliphatic carboxylic acids is 2. The Morgan fingerprint density at radius 2 is 0.840 bits per heavy atom. The number of amides is 2. The first kappa shape index (κ1) is 68.4. The van der Waals surface area contributed by atoms with Crippen molar-refractivity contribution in [2.75, 3.05) is 99.7 Å². The number of carbonyl (C=O) groups excluding carboxylic acids is 3. The Morgan fingerprint density at radius 1 is 0.480 bits per heavy atom. The van der Waals surface area contributed by atoms with Gasteiger partial charge in [0.1, 0.15) is 17.9 Å². The van der Waals surface area contributed by atoms with E-state index in [1.165, 1.54) is 32.1 Å². The number of nitrogens with one attached hydrogen (secondary N) is 4. The number of hydrogen-bond donors (Lipinski definition) is 10. The zero-order valence-corrected chi connectivity index (χ0v) is 46.3. The molecule has 75 heavy (non-hydrogen) atoms. The summed E-state index contributed by atoms with van der Waals surface area (Å²) >= 11 is 0. The molecule has 8 rings (SSSR count). The highest BCUT2D eigenvalue weighted by atomic mass is 16.4. The van der Waals surface area contributed by atoms with Crippen LogP contribution < -0.4 is 21.3 Å². The summed E-state index contributed by atoms with van der Waals surface area (Å²) in [6, 6.07) is 1.10. The van der Waals surface area contributed by atoms with Crippen molar-refractivity contribution >= 4 is 50.7 Å². The fourth-order valence-electron chi connectivity index (χ4n) is 11.9. The molecule has 0 spiro atoms. The third kappa shape index (κ3) is 23.6. The number of piperidine rings is 8. The molecule has 4 atom stereocenters. The van der Waals surface area contributed by atoms with E-state index >= 15 is 0 Å². The van der Waals surface area contributed by atoms with Crippen LogP contribution in [0.3, 0.4) is 0 Å². The molecular formula is C51H103B3N10O11. The maximum atomic E-state index is 12.0. The summed E-state index contributed by atoms with van der Waals surface area (Å²) in [7, 11) is 3.34. The molecule has 8 aliphatic heterocycles. The van der Waals surface area contributed by atoms with Crippen LogP contribution >= 0.6 is 0 Å². The predicted molar refractivity (Wildman–Crippen MR) is 299 cm³/mol. The summed E-state index contributed by atoms with van der Waals surface area (Å²) in [4.78, 5) is 69.2. The normalized spacial score (nSPS) is 26.1. The molecule has 8 heterocycles. The second-order valence-electron chi connectivity index (χ2n) is 21.1. The Kier molecular flexibility index (Phi) is 34.6. The molecule has 24 heteroatoms. The first-order chi connectivity index (χ1) is 35.6. The fourth-order valence-corrected chi connectivity index (χ4v) is 11.9. The van der Waals surface area contributed by atoms with Gasteiger partial charge >= 0.3 is 33.1 Å². The van der Waals surface area contributed by atoms with Crippen LogP contribution in [0.15, 0.2) is 0 Å². The van der Waals surface area contributed by atoms with Crippen LogP contribution in [0.1, 0.15) is 136 Å². The summed E-state index contributed by atoms with van der Waals surface area (Å²) in [6.07, 6.45) is 20.3. The van der Waals surface area contributed by atoms with Crippen LogP contribution in [0.4, 0.5) is 0 Å². The predicted octanol–water partition coefficient (Wildman–Crippen LogP) is 1.22. The standard InChI is InChI=1S/C13H26BN3O2.C12H23BN2O3.C12H23N3O.C6H12BNO2.C6H11NO2.CH4O.CH4/c1-14(19)16-9-6-11(7-10-16)17-8-4-3-5-12(17)13(18)15-2;1-13(18)14-8-5-10(6-9-14)15-7-3-2-4-11(15)12(16)17;1-13-12(16)11-4-2-3-9-15(11)10-5-7-14-8-6-10;1-7(10)8-4-2-6(9)3-5-8;8-6(9)5-3-1-2-4-7-5;1-2;/h11-12,19H,3-10H2,1-2H3,(H,15,18);10-11,18H,2-9H2,1H3,(H,16,17);10-11,14H,2-9H2,1H3,(H,13,16);10H,2-5H2,1H3;5,7H,1-4H2,(H,8,9);2H,1H3;1H4/t12-;2*11-;;5-;;/m111.1../s1. The first-order valence-corrected chi connectivity index (χ1v) is 28.4. The molecule has 8 aliphatic rings. The van der Waals surface area contributed by atoms with Gasteiger partial charge in [-0.2, -0.15) is 0 Å². The maximum Gasteiger partial charge on any atom is 0.376 e. The molecule has 0 radical (unpaired) electrons. The van der Waals surface area contributed by atoms with E-state index in [9.17, 15) is 39.1 Å². The van der Waals surface area contributed by atoms with Crippen LogP contribution in [0.25, 0.3) is 0 Å². The quantitative estimate of drug-likeness (QED) is 0.138. The highest BCUT2D eigenvalue weighted by Crippen LogP contribution is 2.28. The lowest BCUT2D eigenvalue weighted by Gasteiger charge is -2.44.